The molecule has 2 unspecified atom stereocenters. The van der Waals surface area contributed by atoms with Crippen molar-refractivity contribution in [3.05, 3.63) is 158 Å². The Kier molecular flexibility index (Phi) is 8.31. The van der Waals surface area contributed by atoms with Crippen molar-refractivity contribution in [1.29, 1.82) is 0 Å². The summed E-state index contributed by atoms with van der Waals surface area (Å²) in [6.45, 7) is 7.24. The lowest BCUT2D eigenvalue weighted by atomic mass is 9.85. The summed E-state index contributed by atoms with van der Waals surface area (Å²) in [5.41, 5.74) is 9.75. The number of hydrogen-bond donors (Lipinski definition) is 0. The van der Waals surface area contributed by atoms with E-state index in [0.29, 0.717) is 42.9 Å². The zero-order valence-electron chi connectivity index (χ0n) is 30.7. The molecule has 3 aliphatic heterocycles. The van der Waals surface area contributed by atoms with Crippen LogP contribution in [0, 0.1) is 6.92 Å². The Labute approximate surface area is 314 Å². The topological polar surface area (TPSA) is 90.7 Å². The first-order valence-electron chi connectivity index (χ1n) is 18.8. The molecule has 54 heavy (non-hydrogen) atoms. The summed E-state index contributed by atoms with van der Waals surface area (Å²) in [6, 6.07) is 34.2. The molecular formula is C46H41N3O5. The highest BCUT2D eigenvalue weighted by Gasteiger charge is 2.52. The Hall–Kier alpha value is -5.86. The first-order valence-corrected chi connectivity index (χ1v) is 18.8. The fraction of sp³-hybridized carbons (Fsp3) is 0.261. The van der Waals surface area contributed by atoms with Gasteiger partial charge in [-0.2, -0.15) is 0 Å². The Morgan fingerprint density at radius 1 is 0.870 bits per heavy atom. The van der Waals surface area contributed by atoms with Crippen LogP contribution in [0.15, 0.2) is 108 Å². The van der Waals surface area contributed by atoms with Gasteiger partial charge in [0.05, 0.1) is 29.0 Å². The first-order chi connectivity index (χ1) is 26.3. The van der Waals surface area contributed by atoms with Crippen LogP contribution < -0.4 is 5.56 Å². The summed E-state index contributed by atoms with van der Waals surface area (Å²) in [5, 5.41) is 1.09. The molecule has 2 atom stereocenters. The van der Waals surface area contributed by atoms with E-state index in [1.807, 2.05) is 54.6 Å². The molecule has 0 radical (unpaired) electrons. The normalized spacial score (nSPS) is 18.7. The molecular weight excluding hydrogens is 675 g/mol. The van der Waals surface area contributed by atoms with Gasteiger partial charge >= 0.3 is 11.9 Å². The monoisotopic (exact) mass is 715 g/mol. The number of rotatable bonds is 7. The van der Waals surface area contributed by atoms with Crippen LogP contribution in [0.3, 0.4) is 0 Å². The number of cyclic esters (lactones) is 1. The van der Waals surface area contributed by atoms with Crippen LogP contribution >= 0.6 is 0 Å². The van der Waals surface area contributed by atoms with E-state index in [2.05, 4.69) is 67.3 Å². The molecule has 0 N–H and O–H groups in total. The van der Waals surface area contributed by atoms with Gasteiger partial charge in [0.1, 0.15) is 12.6 Å². The second-order valence-electron chi connectivity index (χ2n) is 14.7. The predicted octanol–water partition coefficient (Wildman–Crippen LogP) is 7.80. The van der Waals surface area contributed by atoms with Crippen LogP contribution in [0.5, 0.6) is 0 Å². The van der Waals surface area contributed by atoms with Gasteiger partial charge in [-0.1, -0.05) is 104 Å². The van der Waals surface area contributed by atoms with E-state index in [-0.39, 0.29) is 18.6 Å². The lowest BCUT2D eigenvalue weighted by molar-refractivity contribution is -0.193. The van der Waals surface area contributed by atoms with E-state index >= 15 is 0 Å². The second kappa shape index (κ2) is 13.2. The van der Waals surface area contributed by atoms with Crippen LogP contribution in [0.2, 0.25) is 0 Å². The number of fused-ring (bicyclic) bond motifs is 6. The minimum Gasteiger partial charge on any atom is -0.457 e. The van der Waals surface area contributed by atoms with Crippen molar-refractivity contribution in [3.63, 3.8) is 0 Å². The molecule has 8 nitrogen and oxygen atoms in total. The Morgan fingerprint density at radius 3 is 2.37 bits per heavy atom. The van der Waals surface area contributed by atoms with Gasteiger partial charge in [-0.3, -0.25) is 14.5 Å². The van der Waals surface area contributed by atoms with Crippen molar-refractivity contribution in [2.45, 2.75) is 77.9 Å². The summed E-state index contributed by atoms with van der Waals surface area (Å²) in [7, 11) is 0. The van der Waals surface area contributed by atoms with Crippen LogP contribution in [0.4, 0.5) is 0 Å². The van der Waals surface area contributed by atoms with Gasteiger partial charge in [-0.05, 0) is 77.8 Å². The molecule has 0 saturated carbocycles. The van der Waals surface area contributed by atoms with E-state index in [4.69, 9.17) is 14.5 Å². The van der Waals surface area contributed by atoms with Gasteiger partial charge in [0.15, 0.2) is 0 Å². The van der Waals surface area contributed by atoms with Gasteiger partial charge in [-0.25, -0.2) is 9.78 Å². The van der Waals surface area contributed by atoms with Crippen molar-refractivity contribution in [2.75, 3.05) is 0 Å². The van der Waals surface area contributed by atoms with Crippen LogP contribution in [0.25, 0.3) is 33.4 Å². The molecule has 2 aromatic heterocycles. The minimum atomic E-state index is -1.79. The highest BCUT2D eigenvalue weighted by Crippen LogP contribution is 2.43. The zero-order chi connectivity index (χ0) is 37.1. The maximum Gasteiger partial charge on any atom is 0.355 e. The van der Waals surface area contributed by atoms with Gasteiger partial charge in [-0.15, -0.1) is 0 Å². The first kappa shape index (κ1) is 33.9. The molecule has 5 heterocycles. The summed E-state index contributed by atoms with van der Waals surface area (Å²) in [5.74, 6) is -1.19. The van der Waals surface area contributed by atoms with E-state index in [9.17, 15) is 14.4 Å². The number of nitrogens with zero attached hydrogens (tertiary/aromatic N) is 3. The van der Waals surface area contributed by atoms with Crippen molar-refractivity contribution in [3.8, 4) is 22.5 Å². The third-order valence-corrected chi connectivity index (χ3v) is 11.6. The maximum atomic E-state index is 14.6. The molecule has 8 heteroatoms. The van der Waals surface area contributed by atoms with Crippen LogP contribution in [-0.4, -0.2) is 32.4 Å². The average Bonchev–Trinajstić information content (AvgIpc) is 3.57. The van der Waals surface area contributed by atoms with Gasteiger partial charge in [0, 0.05) is 29.6 Å². The summed E-state index contributed by atoms with van der Waals surface area (Å²) in [4.78, 5) is 50.1. The van der Waals surface area contributed by atoms with E-state index in [0.717, 1.165) is 67.5 Å². The molecule has 0 aliphatic carbocycles. The Morgan fingerprint density at radius 2 is 1.61 bits per heavy atom. The number of pyridine rings is 2. The molecule has 0 bridgehead atoms. The minimum absolute atomic E-state index is 0.106. The number of benzene rings is 4. The number of carbonyl (C=O) groups is 2. The molecule has 6 aromatic rings. The van der Waals surface area contributed by atoms with E-state index in [1.54, 1.807) is 11.5 Å². The largest absolute Gasteiger partial charge is 0.457 e. The molecule has 9 rings (SSSR count). The summed E-state index contributed by atoms with van der Waals surface area (Å²) < 4.78 is 13.9. The number of carbonyl (C=O) groups excluding carboxylic acids is 2. The van der Waals surface area contributed by atoms with Gasteiger partial charge in [0.25, 0.3) is 5.56 Å². The van der Waals surface area contributed by atoms with Crippen molar-refractivity contribution >= 4 is 22.8 Å². The molecule has 4 aromatic carbocycles. The van der Waals surface area contributed by atoms with Crippen LogP contribution in [-0.2, 0) is 63.7 Å². The number of ether oxygens (including phenoxy) is 2. The van der Waals surface area contributed by atoms with E-state index < -0.39 is 23.6 Å². The van der Waals surface area contributed by atoms with Crippen molar-refractivity contribution in [1.82, 2.24) is 14.5 Å². The number of aromatic nitrogens is 2. The average molecular weight is 716 g/mol. The zero-order valence-corrected chi connectivity index (χ0v) is 30.7. The summed E-state index contributed by atoms with van der Waals surface area (Å²) in [6.07, 6.45) is 1.31. The van der Waals surface area contributed by atoms with Gasteiger partial charge in [0.2, 0.25) is 5.60 Å². The molecule has 0 amide bonds. The molecule has 0 saturated heterocycles. The third-order valence-electron chi connectivity index (χ3n) is 11.6. The predicted molar refractivity (Wildman–Crippen MR) is 208 cm³/mol. The van der Waals surface area contributed by atoms with E-state index in [1.165, 1.54) is 0 Å². The third kappa shape index (κ3) is 5.47. The fourth-order valence-electron chi connectivity index (χ4n) is 8.72. The SMILES string of the molecule is CCc1c2c(nc3ccc(C)cc13)-c1cc3c(c(=O)n1C2)COC(=O)C3(CC)OC(=O)C1Cc2ccccc2CN1Cc1ccc(-c2ccccc2)cc1. The quantitative estimate of drug-likeness (QED) is 0.156. The fourth-order valence-corrected chi connectivity index (χ4v) is 8.72. The Bertz CT molecular complexity index is 2540. The number of aryl methyl sites for hydroxylation is 2. The number of esters is 2. The number of hydrogen-bond acceptors (Lipinski definition) is 7. The van der Waals surface area contributed by atoms with Crippen molar-refractivity contribution in [2.24, 2.45) is 0 Å². The molecule has 3 aliphatic rings. The molecule has 0 fully saturated rings. The van der Waals surface area contributed by atoms with Gasteiger partial charge < -0.3 is 14.0 Å². The van der Waals surface area contributed by atoms with Crippen molar-refractivity contribution < 1.29 is 19.1 Å². The highest BCUT2D eigenvalue weighted by atomic mass is 16.6. The highest BCUT2D eigenvalue weighted by molar-refractivity contribution is 5.91. The molecule has 0 spiro atoms. The maximum absolute atomic E-state index is 14.6. The lowest BCUT2D eigenvalue weighted by Crippen LogP contribution is -2.52. The molecule has 270 valence electrons. The van der Waals surface area contributed by atoms with Crippen LogP contribution in [0.1, 0.15) is 64.8 Å². The standard InChI is InChI=1S/C46H41N3O5/c1-4-34-35-21-28(3)15-20-39(35)47-42-36(34)26-49-40(42)23-38-37(43(49)50)27-53-45(52)46(38,5-2)54-44(51)41-22-32-13-9-10-14-33(32)25-48(41)24-29-16-18-31(19-17-29)30-11-7-6-8-12-30/h6-21,23,41H,4-5,22,24-27H2,1-3H3. The summed E-state index contributed by atoms with van der Waals surface area (Å²) >= 11 is 0. The second-order valence-corrected chi connectivity index (χ2v) is 14.7. The lowest BCUT2D eigenvalue weighted by Gasteiger charge is -2.40. The smallest absolute Gasteiger partial charge is 0.355 e. The Balaban J connectivity index is 1.09.